The molecular formula is C22H31N5O3. The molecule has 2 aromatic heterocycles. The number of hydrogen-bond acceptors (Lipinski definition) is 5. The van der Waals surface area contributed by atoms with E-state index in [-0.39, 0.29) is 17.4 Å². The maximum Gasteiger partial charge on any atom is 0.332 e. The Labute approximate surface area is 175 Å². The van der Waals surface area contributed by atoms with E-state index in [2.05, 4.69) is 41.5 Å². The summed E-state index contributed by atoms with van der Waals surface area (Å²) >= 11 is 0. The Morgan fingerprint density at radius 3 is 2.47 bits per heavy atom. The van der Waals surface area contributed by atoms with E-state index < -0.39 is 0 Å². The topological polar surface area (TPSA) is 94.1 Å². The number of nitrogens with one attached hydrogen (secondary N) is 1. The Hall–Kier alpha value is -2.87. The first kappa shape index (κ1) is 21.8. The van der Waals surface area contributed by atoms with E-state index in [1.165, 1.54) is 20.3 Å². The minimum atomic E-state index is -0.377. The fourth-order valence-electron chi connectivity index (χ4n) is 3.58. The predicted molar refractivity (Wildman–Crippen MR) is 119 cm³/mol. The second kappa shape index (κ2) is 9.30. The Morgan fingerprint density at radius 1 is 1.10 bits per heavy atom. The zero-order valence-electron chi connectivity index (χ0n) is 18.2. The SMILES string of the molecule is Cc1ccc(CCNc2nc3c(c(=O)n(CCCCC(C)O)c(=O)n3C)n2C)cc1. The number of unbranched alkanes of at least 4 members (excludes halogenated alkanes) is 1. The molecule has 0 fully saturated rings. The van der Waals surface area contributed by atoms with Gasteiger partial charge in [-0.05, 0) is 45.1 Å². The monoisotopic (exact) mass is 413 g/mol. The first-order chi connectivity index (χ1) is 14.3. The van der Waals surface area contributed by atoms with Crippen molar-refractivity contribution >= 4 is 17.1 Å². The molecule has 3 rings (SSSR count). The van der Waals surface area contributed by atoms with Crippen LogP contribution in [0.3, 0.4) is 0 Å². The highest BCUT2D eigenvalue weighted by Crippen LogP contribution is 2.14. The van der Waals surface area contributed by atoms with Crippen molar-refractivity contribution in [3.63, 3.8) is 0 Å². The van der Waals surface area contributed by atoms with Crippen LogP contribution in [0.4, 0.5) is 5.95 Å². The van der Waals surface area contributed by atoms with Gasteiger partial charge in [0.05, 0.1) is 6.10 Å². The lowest BCUT2D eigenvalue weighted by atomic mass is 10.1. The molecule has 2 N–H and O–H groups in total. The molecule has 30 heavy (non-hydrogen) atoms. The molecule has 8 heteroatoms. The van der Waals surface area contributed by atoms with E-state index >= 15 is 0 Å². The van der Waals surface area contributed by atoms with Gasteiger partial charge in [-0.3, -0.25) is 13.9 Å². The fraction of sp³-hybridized carbons (Fsp3) is 0.500. The van der Waals surface area contributed by atoms with E-state index in [0.717, 1.165) is 12.8 Å². The number of aryl methyl sites for hydroxylation is 3. The Balaban J connectivity index is 1.81. The van der Waals surface area contributed by atoms with E-state index in [1.807, 2.05) is 0 Å². The molecule has 0 amide bonds. The van der Waals surface area contributed by atoms with E-state index in [0.29, 0.717) is 43.0 Å². The van der Waals surface area contributed by atoms with Crippen molar-refractivity contribution in [2.45, 2.75) is 52.2 Å². The van der Waals surface area contributed by atoms with Gasteiger partial charge in [0.25, 0.3) is 5.56 Å². The van der Waals surface area contributed by atoms with Gasteiger partial charge >= 0.3 is 5.69 Å². The number of fused-ring (bicyclic) bond motifs is 1. The Bertz CT molecular complexity index is 1120. The quantitative estimate of drug-likeness (QED) is 0.523. The number of hydrogen-bond donors (Lipinski definition) is 2. The summed E-state index contributed by atoms with van der Waals surface area (Å²) in [6.07, 6.45) is 2.51. The van der Waals surface area contributed by atoms with Crippen molar-refractivity contribution in [1.29, 1.82) is 0 Å². The lowest BCUT2D eigenvalue weighted by Gasteiger charge is -2.09. The van der Waals surface area contributed by atoms with Crippen LogP contribution in [0.5, 0.6) is 0 Å². The average Bonchev–Trinajstić information content (AvgIpc) is 3.04. The van der Waals surface area contributed by atoms with Crippen LogP contribution < -0.4 is 16.6 Å². The highest BCUT2D eigenvalue weighted by molar-refractivity contribution is 5.74. The lowest BCUT2D eigenvalue weighted by molar-refractivity contribution is 0.180. The lowest BCUT2D eigenvalue weighted by Crippen LogP contribution is -2.39. The highest BCUT2D eigenvalue weighted by atomic mass is 16.3. The van der Waals surface area contributed by atoms with Gasteiger partial charge in [-0.25, -0.2) is 4.79 Å². The molecule has 8 nitrogen and oxygen atoms in total. The first-order valence-electron chi connectivity index (χ1n) is 10.4. The summed E-state index contributed by atoms with van der Waals surface area (Å²) in [5.41, 5.74) is 2.54. The van der Waals surface area contributed by atoms with Crippen molar-refractivity contribution in [2.24, 2.45) is 14.1 Å². The van der Waals surface area contributed by atoms with Crippen molar-refractivity contribution < 1.29 is 5.11 Å². The van der Waals surface area contributed by atoms with Crippen LogP contribution in [0, 0.1) is 6.92 Å². The standard InChI is InChI=1S/C22H31N5O3/c1-15-8-10-17(11-9-15)12-13-23-21-24-19-18(25(21)3)20(29)27(22(30)26(19)4)14-6-5-7-16(2)28/h8-11,16,28H,5-7,12-14H2,1-4H3,(H,23,24). The normalized spacial score (nSPS) is 12.4. The second-order valence-electron chi connectivity index (χ2n) is 7.97. The zero-order chi connectivity index (χ0) is 21.8. The summed E-state index contributed by atoms with van der Waals surface area (Å²) in [4.78, 5) is 30.2. The molecule has 0 aliphatic rings. The molecule has 1 atom stereocenters. The van der Waals surface area contributed by atoms with E-state index in [4.69, 9.17) is 0 Å². The van der Waals surface area contributed by atoms with Crippen LogP contribution >= 0.6 is 0 Å². The molecule has 3 aromatic rings. The summed E-state index contributed by atoms with van der Waals surface area (Å²) in [5, 5.41) is 12.7. The molecule has 0 aliphatic heterocycles. The van der Waals surface area contributed by atoms with Gasteiger partial charge in [0.2, 0.25) is 5.95 Å². The number of aliphatic hydroxyl groups is 1. The van der Waals surface area contributed by atoms with Crippen molar-refractivity contribution in [3.8, 4) is 0 Å². The molecule has 0 saturated carbocycles. The molecular weight excluding hydrogens is 382 g/mol. The number of nitrogens with zero attached hydrogens (tertiary/aromatic N) is 4. The van der Waals surface area contributed by atoms with E-state index in [1.54, 1.807) is 25.6 Å². The number of imidazole rings is 1. The van der Waals surface area contributed by atoms with Crippen LogP contribution in [-0.4, -0.2) is 36.4 Å². The summed E-state index contributed by atoms with van der Waals surface area (Å²) in [6, 6.07) is 8.38. The zero-order valence-corrected chi connectivity index (χ0v) is 18.2. The summed E-state index contributed by atoms with van der Waals surface area (Å²) in [6.45, 7) is 4.79. The molecule has 1 aromatic carbocycles. The number of benzene rings is 1. The average molecular weight is 414 g/mol. The van der Waals surface area contributed by atoms with Gasteiger partial charge < -0.3 is 15.0 Å². The third kappa shape index (κ3) is 4.64. The van der Waals surface area contributed by atoms with Gasteiger partial charge in [0.1, 0.15) is 0 Å². The van der Waals surface area contributed by atoms with Gasteiger partial charge in [0.15, 0.2) is 11.2 Å². The van der Waals surface area contributed by atoms with Gasteiger partial charge in [-0.2, -0.15) is 4.98 Å². The van der Waals surface area contributed by atoms with Crippen LogP contribution in [0.1, 0.15) is 37.3 Å². The molecule has 0 radical (unpaired) electrons. The largest absolute Gasteiger partial charge is 0.393 e. The summed E-state index contributed by atoms with van der Waals surface area (Å²) in [5.74, 6) is 0.566. The predicted octanol–water partition coefficient (Wildman–Crippen LogP) is 1.95. The molecule has 0 spiro atoms. The van der Waals surface area contributed by atoms with Crippen LogP contribution in [0.2, 0.25) is 0 Å². The number of rotatable bonds is 9. The first-order valence-corrected chi connectivity index (χ1v) is 10.4. The van der Waals surface area contributed by atoms with Crippen LogP contribution in [0.25, 0.3) is 11.2 Å². The third-order valence-electron chi connectivity index (χ3n) is 5.43. The maximum absolute atomic E-state index is 13.0. The van der Waals surface area contributed by atoms with Crippen molar-refractivity contribution in [2.75, 3.05) is 11.9 Å². The molecule has 1 unspecified atom stereocenters. The maximum atomic E-state index is 13.0. The molecule has 0 saturated heterocycles. The summed E-state index contributed by atoms with van der Waals surface area (Å²) < 4.78 is 4.41. The Morgan fingerprint density at radius 2 is 1.80 bits per heavy atom. The van der Waals surface area contributed by atoms with Gasteiger partial charge in [0, 0.05) is 27.2 Å². The minimum absolute atomic E-state index is 0.327. The molecule has 2 heterocycles. The van der Waals surface area contributed by atoms with Gasteiger partial charge in [-0.15, -0.1) is 0 Å². The molecule has 162 valence electrons. The number of anilines is 1. The number of aromatic nitrogens is 4. The van der Waals surface area contributed by atoms with Crippen LogP contribution in [0.15, 0.2) is 33.9 Å². The fourth-order valence-corrected chi connectivity index (χ4v) is 3.58. The number of aliphatic hydroxyl groups excluding tert-OH is 1. The van der Waals surface area contributed by atoms with Crippen molar-refractivity contribution in [1.82, 2.24) is 18.7 Å². The van der Waals surface area contributed by atoms with E-state index in [9.17, 15) is 14.7 Å². The highest BCUT2D eigenvalue weighted by Gasteiger charge is 2.18. The smallest absolute Gasteiger partial charge is 0.332 e. The summed E-state index contributed by atoms with van der Waals surface area (Å²) in [7, 11) is 3.42. The molecule has 0 bridgehead atoms. The second-order valence-corrected chi connectivity index (χ2v) is 7.97. The minimum Gasteiger partial charge on any atom is -0.393 e. The van der Waals surface area contributed by atoms with Crippen LogP contribution in [-0.2, 0) is 27.1 Å². The van der Waals surface area contributed by atoms with Crippen molar-refractivity contribution in [3.05, 3.63) is 56.2 Å². The third-order valence-corrected chi connectivity index (χ3v) is 5.43. The molecule has 0 aliphatic carbocycles. The van der Waals surface area contributed by atoms with Gasteiger partial charge in [-0.1, -0.05) is 29.8 Å². The Kier molecular flexibility index (Phi) is 6.77.